The van der Waals surface area contributed by atoms with Gasteiger partial charge in [-0.1, -0.05) is 24.3 Å². The maximum Gasteiger partial charge on any atom is 0.105 e. The van der Waals surface area contributed by atoms with Crippen molar-refractivity contribution in [2.45, 2.75) is 38.3 Å². The first-order chi connectivity index (χ1) is 10.2. The van der Waals surface area contributed by atoms with E-state index in [-0.39, 0.29) is 6.04 Å². The normalized spacial score (nSPS) is 16.4. The number of hydrogen-bond donors (Lipinski definition) is 1. The second kappa shape index (κ2) is 6.04. The molecule has 112 valence electrons. The number of aryl methyl sites for hydroxylation is 1. The third kappa shape index (κ3) is 3.20. The van der Waals surface area contributed by atoms with E-state index in [9.17, 15) is 0 Å². The van der Waals surface area contributed by atoms with Gasteiger partial charge in [-0.2, -0.15) is 0 Å². The highest BCUT2D eigenvalue weighted by molar-refractivity contribution is 5.30. The lowest BCUT2D eigenvalue weighted by molar-refractivity contribution is 0.240. The molecule has 1 aliphatic carbocycles. The summed E-state index contributed by atoms with van der Waals surface area (Å²) in [7, 11) is 2.12. The largest absolute Gasteiger partial charge is 0.469 e. The van der Waals surface area contributed by atoms with Crippen LogP contribution in [0.2, 0.25) is 0 Å². The Bertz CT molecular complexity index is 584. The summed E-state index contributed by atoms with van der Waals surface area (Å²) < 4.78 is 5.38. The van der Waals surface area contributed by atoms with Crippen LogP contribution in [-0.2, 0) is 6.54 Å². The topological polar surface area (TPSA) is 42.4 Å². The van der Waals surface area contributed by atoms with Crippen molar-refractivity contribution in [1.29, 1.82) is 0 Å². The van der Waals surface area contributed by atoms with Crippen LogP contribution in [0.3, 0.4) is 0 Å². The molecule has 1 unspecified atom stereocenters. The van der Waals surface area contributed by atoms with Crippen molar-refractivity contribution < 1.29 is 4.42 Å². The van der Waals surface area contributed by atoms with Crippen LogP contribution >= 0.6 is 0 Å². The zero-order valence-corrected chi connectivity index (χ0v) is 12.9. The highest BCUT2D eigenvalue weighted by Crippen LogP contribution is 2.40. The van der Waals surface area contributed by atoms with E-state index >= 15 is 0 Å². The lowest BCUT2D eigenvalue weighted by atomic mass is 10.0. The van der Waals surface area contributed by atoms with E-state index in [1.54, 1.807) is 6.26 Å². The molecule has 1 saturated carbocycles. The average Bonchev–Trinajstić information content (AvgIpc) is 3.26. The molecule has 0 saturated heterocycles. The van der Waals surface area contributed by atoms with Gasteiger partial charge in [0.25, 0.3) is 0 Å². The lowest BCUT2D eigenvalue weighted by Gasteiger charge is -2.27. The summed E-state index contributed by atoms with van der Waals surface area (Å²) in [6, 6.07) is 11.3. The van der Waals surface area contributed by atoms with Gasteiger partial charge in [-0.25, -0.2) is 0 Å². The summed E-state index contributed by atoms with van der Waals surface area (Å²) in [4.78, 5) is 2.30. The second-order valence-corrected chi connectivity index (χ2v) is 6.11. The molecule has 2 aromatic rings. The van der Waals surface area contributed by atoms with E-state index in [0.29, 0.717) is 6.54 Å². The number of furan rings is 1. The Morgan fingerprint density at radius 2 is 1.95 bits per heavy atom. The fourth-order valence-electron chi connectivity index (χ4n) is 2.93. The van der Waals surface area contributed by atoms with E-state index in [0.717, 1.165) is 18.2 Å². The smallest absolute Gasteiger partial charge is 0.105 e. The Labute approximate surface area is 126 Å². The Balaban J connectivity index is 1.72. The van der Waals surface area contributed by atoms with Crippen molar-refractivity contribution in [2.24, 2.45) is 5.73 Å². The zero-order chi connectivity index (χ0) is 14.8. The summed E-state index contributed by atoms with van der Waals surface area (Å²) in [5.41, 5.74) is 10.0. The molecule has 1 aliphatic rings. The molecule has 3 nitrogen and oxygen atoms in total. The lowest BCUT2D eigenvalue weighted by Crippen LogP contribution is -2.30. The highest BCUT2D eigenvalue weighted by Gasteiger charge is 2.24. The first kappa shape index (κ1) is 14.4. The third-order valence-corrected chi connectivity index (χ3v) is 4.51. The van der Waals surface area contributed by atoms with E-state index in [4.69, 9.17) is 10.2 Å². The van der Waals surface area contributed by atoms with Crippen molar-refractivity contribution in [1.82, 2.24) is 4.90 Å². The predicted molar refractivity (Wildman–Crippen MR) is 85.1 cm³/mol. The van der Waals surface area contributed by atoms with Crippen LogP contribution in [0.5, 0.6) is 0 Å². The summed E-state index contributed by atoms with van der Waals surface area (Å²) in [5, 5.41) is 0. The Hall–Kier alpha value is -1.58. The zero-order valence-electron chi connectivity index (χ0n) is 12.9. The molecule has 3 rings (SSSR count). The molecular weight excluding hydrogens is 260 g/mol. The van der Waals surface area contributed by atoms with Crippen molar-refractivity contribution in [3.05, 3.63) is 59.0 Å². The molecule has 1 heterocycles. The van der Waals surface area contributed by atoms with Gasteiger partial charge in [0.2, 0.25) is 0 Å². The van der Waals surface area contributed by atoms with E-state index < -0.39 is 0 Å². The van der Waals surface area contributed by atoms with Crippen LogP contribution in [0.1, 0.15) is 47.3 Å². The number of nitrogens with zero attached hydrogens (tertiary/aromatic N) is 1. The van der Waals surface area contributed by atoms with Gasteiger partial charge in [-0.15, -0.1) is 0 Å². The standard InChI is InChI=1S/C18H24N2O/c1-13-17(9-10-21-13)12-20(2)18(11-19)16-7-5-15(6-8-16)14-3-4-14/h5-10,14,18H,3-4,11-12,19H2,1-2H3. The van der Waals surface area contributed by atoms with Crippen LogP contribution in [0, 0.1) is 6.92 Å². The van der Waals surface area contributed by atoms with Crippen LogP contribution < -0.4 is 5.73 Å². The van der Waals surface area contributed by atoms with Gasteiger partial charge in [0.15, 0.2) is 0 Å². The van der Waals surface area contributed by atoms with Crippen molar-refractivity contribution >= 4 is 0 Å². The number of likely N-dealkylation sites (N-methyl/N-ethyl adjacent to an activating group) is 1. The van der Waals surface area contributed by atoms with E-state index in [1.165, 1.54) is 29.5 Å². The molecule has 1 fully saturated rings. The molecular formula is C18H24N2O. The molecule has 21 heavy (non-hydrogen) atoms. The second-order valence-electron chi connectivity index (χ2n) is 6.11. The monoisotopic (exact) mass is 284 g/mol. The first-order valence-electron chi connectivity index (χ1n) is 7.72. The van der Waals surface area contributed by atoms with E-state index in [1.807, 2.05) is 13.0 Å². The third-order valence-electron chi connectivity index (χ3n) is 4.51. The maximum absolute atomic E-state index is 6.02. The quantitative estimate of drug-likeness (QED) is 0.881. The molecule has 1 aromatic heterocycles. The molecule has 3 heteroatoms. The van der Waals surface area contributed by atoms with Gasteiger partial charge < -0.3 is 10.2 Å². The maximum atomic E-state index is 6.02. The summed E-state index contributed by atoms with van der Waals surface area (Å²) >= 11 is 0. The number of benzene rings is 1. The molecule has 1 aromatic carbocycles. The number of hydrogen-bond acceptors (Lipinski definition) is 3. The highest BCUT2D eigenvalue weighted by atomic mass is 16.3. The van der Waals surface area contributed by atoms with Crippen LogP contribution in [0.25, 0.3) is 0 Å². The SMILES string of the molecule is Cc1occc1CN(C)C(CN)c1ccc(C2CC2)cc1. The number of rotatable bonds is 6. The van der Waals surface area contributed by atoms with Crippen LogP contribution in [0.15, 0.2) is 41.0 Å². The first-order valence-corrected chi connectivity index (χ1v) is 7.72. The van der Waals surface area contributed by atoms with Crippen molar-refractivity contribution in [3.63, 3.8) is 0 Å². The fraction of sp³-hybridized carbons (Fsp3) is 0.444. The summed E-state index contributed by atoms with van der Waals surface area (Å²) in [6.45, 7) is 3.48. The van der Waals surface area contributed by atoms with Gasteiger partial charge in [0.1, 0.15) is 5.76 Å². The van der Waals surface area contributed by atoms with Gasteiger partial charge in [0, 0.05) is 24.7 Å². The fourth-order valence-corrected chi connectivity index (χ4v) is 2.93. The van der Waals surface area contributed by atoms with Crippen molar-refractivity contribution in [2.75, 3.05) is 13.6 Å². The predicted octanol–water partition coefficient (Wildman–Crippen LogP) is 3.60. The minimum Gasteiger partial charge on any atom is -0.469 e. The van der Waals surface area contributed by atoms with Gasteiger partial charge in [-0.3, -0.25) is 4.90 Å². The Kier molecular flexibility index (Phi) is 4.13. The van der Waals surface area contributed by atoms with Crippen LogP contribution in [-0.4, -0.2) is 18.5 Å². The summed E-state index contributed by atoms with van der Waals surface area (Å²) in [6.07, 6.45) is 4.44. The summed E-state index contributed by atoms with van der Waals surface area (Å²) in [5.74, 6) is 1.79. The minimum atomic E-state index is 0.243. The van der Waals surface area contributed by atoms with Gasteiger partial charge >= 0.3 is 0 Å². The average molecular weight is 284 g/mol. The van der Waals surface area contributed by atoms with Crippen molar-refractivity contribution in [3.8, 4) is 0 Å². The molecule has 0 spiro atoms. The molecule has 0 bridgehead atoms. The number of nitrogens with two attached hydrogens (primary N) is 1. The molecule has 0 radical (unpaired) electrons. The van der Waals surface area contributed by atoms with Gasteiger partial charge in [0.05, 0.1) is 6.26 Å². The van der Waals surface area contributed by atoms with Crippen LogP contribution in [0.4, 0.5) is 0 Å². The Morgan fingerprint density at radius 3 is 2.48 bits per heavy atom. The molecule has 2 N–H and O–H groups in total. The minimum absolute atomic E-state index is 0.243. The van der Waals surface area contributed by atoms with Gasteiger partial charge in [-0.05, 0) is 49.9 Å². The Morgan fingerprint density at radius 1 is 1.24 bits per heavy atom. The van der Waals surface area contributed by atoms with E-state index in [2.05, 4.69) is 36.2 Å². The molecule has 0 aliphatic heterocycles. The molecule has 1 atom stereocenters. The molecule has 0 amide bonds.